The highest BCUT2D eigenvalue weighted by Crippen LogP contribution is 2.22. The number of ether oxygens (including phenoxy) is 1. The third-order valence-electron chi connectivity index (χ3n) is 1.79. The van der Waals surface area contributed by atoms with Crippen molar-refractivity contribution in [2.45, 2.75) is 6.42 Å². The van der Waals surface area contributed by atoms with E-state index in [4.69, 9.17) is 10.00 Å². The quantitative estimate of drug-likeness (QED) is 0.429. The maximum atomic E-state index is 10.7. The molecule has 0 bridgehead atoms. The number of nitro benzene ring substituents is 1. The number of hydrogen-bond donors (Lipinski definition) is 0. The molecule has 1 aromatic carbocycles. The number of methoxy groups -OCH3 is 1. The van der Waals surface area contributed by atoms with E-state index in [0.29, 0.717) is 5.75 Å². The van der Waals surface area contributed by atoms with E-state index in [1.165, 1.54) is 25.3 Å². The van der Waals surface area contributed by atoms with Gasteiger partial charge in [0.2, 0.25) is 0 Å². The Morgan fingerprint density at radius 2 is 2.31 bits per heavy atom. The van der Waals surface area contributed by atoms with Crippen molar-refractivity contribution >= 4 is 5.69 Å². The van der Waals surface area contributed by atoms with Gasteiger partial charge >= 0.3 is 0 Å². The van der Waals surface area contributed by atoms with Crippen LogP contribution in [-0.2, 0) is 0 Å². The molecule has 0 spiro atoms. The minimum atomic E-state index is -0.518. The zero-order chi connectivity index (χ0) is 12.0. The summed E-state index contributed by atoms with van der Waals surface area (Å²) in [4.78, 5) is 10.2. The van der Waals surface area contributed by atoms with Gasteiger partial charge in [0.1, 0.15) is 11.3 Å². The number of nitro groups is 1. The van der Waals surface area contributed by atoms with Gasteiger partial charge in [0.25, 0.3) is 5.69 Å². The van der Waals surface area contributed by atoms with Gasteiger partial charge in [-0.2, -0.15) is 5.26 Å². The Bertz CT molecular complexity index is 506. The molecule has 0 amide bonds. The first-order valence-electron chi connectivity index (χ1n) is 4.37. The van der Waals surface area contributed by atoms with E-state index in [-0.39, 0.29) is 17.7 Å². The van der Waals surface area contributed by atoms with E-state index in [2.05, 4.69) is 11.8 Å². The predicted molar refractivity (Wildman–Crippen MR) is 56.8 cm³/mol. The molecule has 0 aliphatic carbocycles. The summed E-state index contributed by atoms with van der Waals surface area (Å²) >= 11 is 0. The number of benzene rings is 1. The van der Waals surface area contributed by atoms with Crippen LogP contribution in [0.3, 0.4) is 0 Å². The highest BCUT2D eigenvalue weighted by molar-refractivity contribution is 5.54. The van der Waals surface area contributed by atoms with Crippen LogP contribution < -0.4 is 4.74 Å². The molecule has 0 unspecified atom stereocenters. The molecule has 0 heterocycles. The summed E-state index contributed by atoms with van der Waals surface area (Å²) in [6, 6.07) is 6.14. The Kier molecular flexibility index (Phi) is 3.88. The van der Waals surface area contributed by atoms with Crippen LogP contribution in [0.15, 0.2) is 18.2 Å². The molecule has 0 saturated heterocycles. The fourth-order valence-electron chi connectivity index (χ4n) is 1.08. The van der Waals surface area contributed by atoms with Gasteiger partial charge in [0, 0.05) is 12.1 Å². The molecule has 0 fully saturated rings. The lowest BCUT2D eigenvalue weighted by molar-refractivity contribution is -0.385. The minimum absolute atomic E-state index is 0.0361. The van der Waals surface area contributed by atoms with Crippen molar-refractivity contribution < 1.29 is 9.66 Å². The van der Waals surface area contributed by atoms with Crippen molar-refractivity contribution in [3.8, 4) is 23.7 Å². The normalized spacial score (nSPS) is 8.50. The van der Waals surface area contributed by atoms with Crippen molar-refractivity contribution in [3.63, 3.8) is 0 Å². The second kappa shape index (κ2) is 5.38. The standard InChI is InChI=1S/C11H8N2O3/c1-16-10-5-6-11(13(14)15)9(8-10)4-2-3-7-12/h5-6,8H,3H2,1H3. The van der Waals surface area contributed by atoms with E-state index < -0.39 is 4.92 Å². The van der Waals surface area contributed by atoms with Crippen LogP contribution in [-0.4, -0.2) is 12.0 Å². The highest BCUT2D eigenvalue weighted by Gasteiger charge is 2.12. The topological polar surface area (TPSA) is 76.2 Å². The number of nitriles is 1. The molecule has 1 rings (SSSR count). The van der Waals surface area contributed by atoms with E-state index in [9.17, 15) is 10.1 Å². The van der Waals surface area contributed by atoms with Crippen LogP contribution in [0.4, 0.5) is 5.69 Å². The Balaban J connectivity index is 3.18. The molecule has 0 atom stereocenters. The Labute approximate surface area is 92.4 Å². The first kappa shape index (κ1) is 11.5. The molecule has 5 nitrogen and oxygen atoms in total. The van der Waals surface area contributed by atoms with Crippen LogP contribution >= 0.6 is 0 Å². The van der Waals surface area contributed by atoms with Gasteiger partial charge in [-0.05, 0) is 6.07 Å². The van der Waals surface area contributed by atoms with E-state index in [0.717, 1.165) is 0 Å². The molecule has 0 radical (unpaired) electrons. The maximum absolute atomic E-state index is 10.7. The lowest BCUT2D eigenvalue weighted by atomic mass is 10.1. The Morgan fingerprint density at radius 3 is 2.88 bits per heavy atom. The van der Waals surface area contributed by atoms with Gasteiger partial charge in [-0.15, -0.1) is 0 Å². The van der Waals surface area contributed by atoms with Gasteiger partial charge < -0.3 is 4.74 Å². The van der Waals surface area contributed by atoms with E-state index in [1.54, 1.807) is 0 Å². The second-order valence-corrected chi connectivity index (χ2v) is 2.78. The lowest BCUT2D eigenvalue weighted by Gasteiger charge is -2.00. The summed E-state index contributed by atoms with van der Waals surface area (Å²) in [5.41, 5.74) is 0.158. The fraction of sp³-hybridized carbons (Fsp3) is 0.182. The third-order valence-corrected chi connectivity index (χ3v) is 1.79. The Hall–Kier alpha value is -2.53. The molecular weight excluding hydrogens is 208 g/mol. The summed E-state index contributed by atoms with van der Waals surface area (Å²) in [6.45, 7) is 0. The molecular formula is C11H8N2O3. The first-order chi connectivity index (χ1) is 7.69. The zero-order valence-corrected chi connectivity index (χ0v) is 8.56. The average Bonchev–Trinajstić information content (AvgIpc) is 2.29. The maximum Gasteiger partial charge on any atom is 0.285 e. The second-order valence-electron chi connectivity index (χ2n) is 2.78. The summed E-state index contributed by atoms with van der Waals surface area (Å²) in [7, 11) is 1.47. The summed E-state index contributed by atoms with van der Waals surface area (Å²) in [6.07, 6.45) is 0.0361. The largest absolute Gasteiger partial charge is 0.497 e. The highest BCUT2D eigenvalue weighted by atomic mass is 16.6. The van der Waals surface area contributed by atoms with Crippen molar-refractivity contribution in [1.82, 2.24) is 0 Å². The van der Waals surface area contributed by atoms with Crippen LogP contribution in [0, 0.1) is 33.3 Å². The molecule has 0 aliphatic heterocycles. The van der Waals surface area contributed by atoms with Gasteiger partial charge in [0.15, 0.2) is 0 Å². The zero-order valence-electron chi connectivity index (χ0n) is 8.56. The van der Waals surface area contributed by atoms with Crippen molar-refractivity contribution in [2.75, 3.05) is 7.11 Å². The lowest BCUT2D eigenvalue weighted by Crippen LogP contribution is -1.93. The molecule has 16 heavy (non-hydrogen) atoms. The number of hydrogen-bond acceptors (Lipinski definition) is 4. The minimum Gasteiger partial charge on any atom is -0.497 e. The average molecular weight is 216 g/mol. The SMILES string of the molecule is COc1ccc([N+](=O)[O-])c(C#CCC#N)c1. The van der Waals surface area contributed by atoms with Crippen LogP contribution in [0.25, 0.3) is 0 Å². The summed E-state index contributed by atoms with van der Waals surface area (Å²) < 4.78 is 4.94. The van der Waals surface area contributed by atoms with Gasteiger partial charge in [-0.1, -0.05) is 11.8 Å². The van der Waals surface area contributed by atoms with Gasteiger partial charge in [0.05, 0.1) is 24.5 Å². The molecule has 0 N–H and O–H groups in total. The van der Waals surface area contributed by atoms with E-state index >= 15 is 0 Å². The van der Waals surface area contributed by atoms with Crippen molar-refractivity contribution in [2.24, 2.45) is 0 Å². The molecule has 1 aromatic rings. The van der Waals surface area contributed by atoms with Crippen LogP contribution in [0.5, 0.6) is 5.75 Å². The van der Waals surface area contributed by atoms with Gasteiger partial charge in [-0.25, -0.2) is 0 Å². The molecule has 0 aliphatic rings. The fourth-order valence-corrected chi connectivity index (χ4v) is 1.08. The monoisotopic (exact) mass is 216 g/mol. The summed E-state index contributed by atoms with van der Waals surface area (Å²) in [5, 5.41) is 19.0. The molecule has 0 aromatic heterocycles. The van der Waals surface area contributed by atoms with Gasteiger partial charge in [-0.3, -0.25) is 10.1 Å². The van der Waals surface area contributed by atoms with Crippen LogP contribution in [0.1, 0.15) is 12.0 Å². The van der Waals surface area contributed by atoms with E-state index in [1.807, 2.05) is 6.07 Å². The first-order valence-corrected chi connectivity index (χ1v) is 4.37. The number of rotatable bonds is 2. The van der Waals surface area contributed by atoms with Crippen LogP contribution in [0.2, 0.25) is 0 Å². The van der Waals surface area contributed by atoms with Crippen molar-refractivity contribution in [1.29, 1.82) is 5.26 Å². The summed E-state index contributed by atoms with van der Waals surface area (Å²) in [5.74, 6) is 5.60. The third kappa shape index (κ3) is 2.73. The smallest absolute Gasteiger partial charge is 0.285 e. The molecule has 80 valence electrons. The number of nitrogens with zero attached hydrogens (tertiary/aromatic N) is 2. The molecule has 5 heteroatoms. The molecule has 0 saturated carbocycles. The predicted octanol–water partition coefficient (Wildman–Crippen LogP) is 1.87. The Morgan fingerprint density at radius 1 is 1.56 bits per heavy atom. The van der Waals surface area contributed by atoms with Crippen molar-refractivity contribution in [3.05, 3.63) is 33.9 Å².